The quantitative estimate of drug-likeness (QED) is 0.447. The average Bonchev–Trinajstić information content (AvgIpc) is 2.09. The molecule has 11 heavy (non-hydrogen) atoms. The minimum atomic E-state index is -1.99. The molecule has 0 aromatic rings. The first kappa shape index (κ1) is 9.02. The molecule has 0 aliphatic carbocycles. The van der Waals surface area contributed by atoms with Crippen molar-refractivity contribution in [2.75, 3.05) is 26.4 Å². The first-order valence-electron chi connectivity index (χ1n) is 3.87. The SMILES string of the molecule is CC1=C(C)CP(=O)(N(C)C)C1. The second kappa shape index (κ2) is 2.76. The molecule has 0 radical (unpaired) electrons. The first-order valence-corrected chi connectivity index (χ1v) is 5.90. The van der Waals surface area contributed by atoms with E-state index in [2.05, 4.69) is 13.8 Å². The molecule has 1 aliphatic heterocycles. The second-order valence-electron chi connectivity index (χ2n) is 3.57. The lowest BCUT2D eigenvalue weighted by molar-refractivity contribution is 0.520. The third-order valence-electron chi connectivity index (χ3n) is 2.43. The average molecular weight is 173 g/mol. The van der Waals surface area contributed by atoms with Crippen LogP contribution in [0.3, 0.4) is 0 Å². The highest BCUT2D eigenvalue weighted by Crippen LogP contribution is 2.55. The minimum Gasteiger partial charge on any atom is -0.306 e. The van der Waals surface area contributed by atoms with Crippen molar-refractivity contribution in [2.24, 2.45) is 0 Å². The fourth-order valence-corrected chi connectivity index (χ4v) is 4.05. The van der Waals surface area contributed by atoms with Crippen molar-refractivity contribution >= 4 is 7.29 Å². The first-order chi connectivity index (χ1) is 4.96. The van der Waals surface area contributed by atoms with Crippen molar-refractivity contribution in [3.05, 3.63) is 11.1 Å². The molecule has 1 heterocycles. The topological polar surface area (TPSA) is 20.3 Å². The van der Waals surface area contributed by atoms with Gasteiger partial charge in [0.2, 0.25) is 0 Å². The maximum Gasteiger partial charge on any atom is 0.157 e. The van der Waals surface area contributed by atoms with Gasteiger partial charge in [-0.3, -0.25) is 4.67 Å². The summed E-state index contributed by atoms with van der Waals surface area (Å²) in [5, 5.41) is 0. The van der Waals surface area contributed by atoms with Gasteiger partial charge in [-0.05, 0) is 27.9 Å². The van der Waals surface area contributed by atoms with E-state index in [1.54, 1.807) is 0 Å². The van der Waals surface area contributed by atoms with Gasteiger partial charge in [0, 0.05) is 12.3 Å². The van der Waals surface area contributed by atoms with Crippen LogP contribution in [0.1, 0.15) is 13.8 Å². The molecule has 0 saturated carbocycles. The van der Waals surface area contributed by atoms with Crippen LogP contribution in [0.25, 0.3) is 0 Å². The third kappa shape index (κ3) is 1.57. The Bertz CT molecular complexity index is 224. The Balaban J connectivity index is 2.81. The Labute approximate surface area is 68.7 Å². The monoisotopic (exact) mass is 173 g/mol. The number of nitrogens with zero attached hydrogens (tertiary/aromatic N) is 1. The van der Waals surface area contributed by atoms with E-state index in [0.29, 0.717) is 0 Å². The highest BCUT2D eigenvalue weighted by Gasteiger charge is 2.31. The Morgan fingerprint density at radius 2 is 1.55 bits per heavy atom. The molecule has 0 saturated heterocycles. The van der Waals surface area contributed by atoms with Crippen LogP contribution in [-0.4, -0.2) is 31.1 Å². The van der Waals surface area contributed by atoms with Gasteiger partial charge < -0.3 is 4.57 Å². The van der Waals surface area contributed by atoms with E-state index in [9.17, 15) is 4.57 Å². The summed E-state index contributed by atoms with van der Waals surface area (Å²) in [5.41, 5.74) is 2.64. The number of rotatable bonds is 1. The lowest BCUT2D eigenvalue weighted by Crippen LogP contribution is -2.10. The fourth-order valence-electron chi connectivity index (χ4n) is 1.35. The standard InChI is InChI=1S/C8H16NOP/c1-7-5-11(10,9(3)4)6-8(7)2/h5-6H2,1-4H3. The van der Waals surface area contributed by atoms with E-state index < -0.39 is 7.29 Å². The minimum absolute atomic E-state index is 0.797. The summed E-state index contributed by atoms with van der Waals surface area (Å²) in [6.07, 6.45) is 1.59. The summed E-state index contributed by atoms with van der Waals surface area (Å²) >= 11 is 0. The van der Waals surface area contributed by atoms with Gasteiger partial charge >= 0.3 is 0 Å². The van der Waals surface area contributed by atoms with E-state index >= 15 is 0 Å². The van der Waals surface area contributed by atoms with Crippen molar-refractivity contribution in [1.82, 2.24) is 4.67 Å². The van der Waals surface area contributed by atoms with E-state index in [-0.39, 0.29) is 0 Å². The largest absolute Gasteiger partial charge is 0.306 e. The molecule has 0 aromatic heterocycles. The van der Waals surface area contributed by atoms with Gasteiger partial charge in [0.05, 0.1) is 0 Å². The number of allylic oxidation sites excluding steroid dienone is 2. The third-order valence-corrected chi connectivity index (χ3v) is 5.82. The Hall–Kier alpha value is -0.0700. The number of hydrogen-bond donors (Lipinski definition) is 0. The van der Waals surface area contributed by atoms with Gasteiger partial charge in [-0.1, -0.05) is 11.1 Å². The highest BCUT2D eigenvalue weighted by atomic mass is 31.2. The van der Waals surface area contributed by atoms with Crippen molar-refractivity contribution in [3.63, 3.8) is 0 Å². The van der Waals surface area contributed by atoms with Crippen molar-refractivity contribution in [2.45, 2.75) is 13.8 Å². The summed E-state index contributed by atoms with van der Waals surface area (Å²) in [5.74, 6) is 0. The zero-order valence-electron chi connectivity index (χ0n) is 7.72. The molecule has 0 N–H and O–H groups in total. The Morgan fingerprint density at radius 1 is 1.18 bits per heavy atom. The van der Waals surface area contributed by atoms with E-state index in [0.717, 1.165) is 12.3 Å². The molecule has 0 bridgehead atoms. The lowest BCUT2D eigenvalue weighted by atomic mass is 10.2. The summed E-state index contributed by atoms with van der Waals surface area (Å²) in [6.45, 7) is 4.16. The van der Waals surface area contributed by atoms with Crippen LogP contribution < -0.4 is 0 Å². The maximum absolute atomic E-state index is 12.0. The smallest absolute Gasteiger partial charge is 0.157 e. The molecule has 1 rings (SSSR count). The van der Waals surface area contributed by atoms with E-state index in [4.69, 9.17) is 0 Å². The van der Waals surface area contributed by atoms with Crippen LogP contribution in [0, 0.1) is 0 Å². The van der Waals surface area contributed by atoms with Crippen molar-refractivity contribution in [1.29, 1.82) is 0 Å². The second-order valence-corrected chi connectivity index (χ2v) is 6.70. The van der Waals surface area contributed by atoms with Crippen LogP contribution in [0.5, 0.6) is 0 Å². The molecular weight excluding hydrogens is 157 g/mol. The predicted octanol–water partition coefficient (Wildman–Crippen LogP) is 2.18. The number of hydrogen-bond acceptors (Lipinski definition) is 1. The predicted molar refractivity (Wildman–Crippen MR) is 49.4 cm³/mol. The Morgan fingerprint density at radius 3 is 1.73 bits per heavy atom. The fraction of sp³-hybridized carbons (Fsp3) is 0.750. The van der Waals surface area contributed by atoms with Crippen LogP contribution >= 0.6 is 7.29 Å². The van der Waals surface area contributed by atoms with Gasteiger partial charge in [-0.15, -0.1) is 0 Å². The molecule has 1 aliphatic rings. The summed E-state index contributed by atoms with van der Waals surface area (Å²) in [4.78, 5) is 0. The summed E-state index contributed by atoms with van der Waals surface area (Å²) < 4.78 is 13.9. The van der Waals surface area contributed by atoms with E-state index in [1.165, 1.54) is 11.1 Å². The van der Waals surface area contributed by atoms with Gasteiger partial charge in [-0.2, -0.15) is 0 Å². The molecule has 0 aromatic carbocycles. The van der Waals surface area contributed by atoms with Gasteiger partial charge in [0.15, 0.2) is 7.29 Å². The lowest BCUT2D eigenvalue weighted by Gasteiger charge is -2.19. The molecule has 64 valence electrons. The zero-order chi connectivity index (χ0) is 8.65. The van der Waals surface area contributed by atoms with Crippen LogP contribution in [0.4, 0.5) is 0 Å². The van der Waals surface area contributed by atoms with Crippen LogP contribution in [0.15, 0.2) is 11.1 Å². The van der Waals surface area contributed by atoms with Gasteiger partial charge in [0.25, 0.3) is 0 Å². The van der Waals surface area contributed by atoms with Gasteiger partial charge in [0.1, 0.15) is 0 Å². The summed E-state index contributed by atoms with van der Waals surface area (Å²) in [6, 6.07) is 0. The van der Waals surface area contributed by atoms with Crippen LogP contribution in [0.2, 0.25) is 0 Å². The molecule has 2 nitrogen and oxygen atoms in total. The van der Waals surface area contributed by atoms with Crippen LogP contribution in [-0.2, 0) is 4.57 Å². The zero-order valence-corrected chi connectivity index (χ0v) is 8.61. The molecule has 0 amide bonds. The molecule has 0 unspecified atom stereocenters. The molecular formula is C8H16NOP. The van der Waals surface area contributed by atoms with Crippen molar-refractivity contribution in [3.8, 4) is 0 Å². The van der Waals surface area contributed by atoms with Crippen molar-refractivity contribution < 1.29 is 4.57 Å². The molecule has 3 heteroatoms. The van der Waals surface area contributed by atoms with E-state index in [1.807, 2.05) is 18.8 Å². The Kier molecular flexibility index (Phi) is 2.27. The molecule has 0 fully saturated rings. The summed E-state index contributed by atoms with van der Waals surface area (Å²) in [7, 11) is 1.82. The normalized spacial score (nSPS) is 23.4. The maximum atomic E-state index is 12.0. The highest BCUT2D eigenvalue weighted by molar-refractivity contribution is 7.62. The molecule has 0 atom stereocenters. The van der Waals surface area contributed by atoms with Gasteiger partial charge in [-0.25, -0.2) is 0 Å². The molecule has 0 spiro atoms.